The number of sulfonamides is 1. The molecule has 0 radical (unpaired) electrons. The van der Waals surface area contributed by atoms with E-state index in [4.69, 9.17) is 5.73 Å². The fourth-order valence-corrected chi connectivity index (χ4v) is 4.37. The lowest BCUT2D eigenvalue weighted by Crippen LogP contribution is -2.43. The molecule has 1 aromatic carbocycles. The van der Waals surface area contributed by atoms with E-state index in [0.29, 0.717) is 0 Å². The van der Waals surface area contributed by atoms with Gasteiger partial charge in [-0.05, 0) is 38.0 Å². The summed E-state index contributed by atoms with van der Waals surface area (Å²) in [5.41, 5.74) is 5.45. The van der Waals surface area contributed by atoms with Gasteiger partial charge in [-0.3, -0.25) is 0 Å². The number of carbonyl (C=O) groups is 1. The van der Waals surface area contributed by atoms with E-state index in [9.17, 15) is 13.2 Å². The largest absolute Gasteiger partial charge is 0.465 e. The number of nitrogens with one attached hydrogen (secondary N) is 1. The predicted molar refractivity (Wildman–Crippen MR) is 79.4 cm³/mol. The molecule has 0 amide bonds. The number of nitrogens with two attached hydrogens (primary N) is 1. The first-order chi connectivity index (χ1) is 9.77. The third-order valence-electron chi connectivity index (χ3n) is 3.79. The lowest BCUT2D eigenvalue weighted by atomic mass is 10.0. The summed E-state index contributed by atoms with van der Waals surface area (Å²) >= 11 is 0. The average molecular weight is 312 g/mol. The zero-order valence-electron chi connectivity index (χ0n) is 12.2. The van der Waals surface area contributed by atoms with E-state index >= 15 is 0 Å². The van der Waals surface area contributed by atoms with Crippen LogP contribution in [0.3, 0.4) is 0 Å². The first-order valence-electron chi connectivity index (χ1n) is 6.79. The molecule has 0 heterocycles. The Hall–Kier alpha value is -1.60. The van der Waals surface area contributed by atoms with E-state index in [2.05, 4.69) is 9.46 Å². The summed E-state index contributed by atoms with van der Waals surface area (Å²) < 4.78 is 32.6. The minimum absolute atomic E-state index is 0.0132. The number of carbonyl (C=O) groups excluding carboxylic acids is 1. The van der Waals surface area contributed by atoms with Crippen molar-refractivity contribution in [3.8, 4) is 0 Å². The number of nitrogen functional groups attached to an aromatic ring is 1. The highest BCUT2D eigenvalue weighted by atomic mass is 32.2. The Morgan fingerprint density at radius 2 is 1.95 bits per heavy atom. The average Bonchev–Trinajstić information content (AvgIpc) is 2.83. The molecule has 0 saturated heterocycles. The molecule has 1 aliphatic rings. The molecule has 0 atom stereocenters. The standard InChI is InChI=1S/C14H20N2O4S/c1-14(7-3-4-8-14)16-21(18,19)12-9-10(15)5-6-11(12)13(17)20-2/h5-6,9,16H,3-4,7-8,15H2,1-2H3. The first-order valence-corrected chi connectivity index (χ1v) is 8.28. The molecule has 3 N–H and O–H groups in total. The molecule has 7 heteroatoms. The van der Waals surface area contributed by atoms with Gasteiger partial charge in [0.2, 0.25) is 10.0 Å². The van der Waals surface area contributed by atoms with Crippen LogP contribution in [0.1, 0.15) is 43.0 Å². The van der Waals surface area contributed by atoms with Crippen molar-refractivity contribution in [2.75, 3.05) is 12.8 Å². The molecule has 0 bridgehead atoms. The van der Waals surface area contributed by atoms with Crippen LogP contribution in [0.25, 0.3) is 0 Å². The van der Waals surface area contributed by atoms with E-state index in [1.165, 1.54) is 25.3 Å². The highest BCUT2D eigenvalue weighted by Crippen LogP contribution is 2.31. The van der Waals surface area contributed by atoms with Gasteiger partial charge >= 0.3 is 5.97 Å². The normalized spacial score (nSPS) is 17.6. The Morgan fingerprint density at radius 3 is 2.52 bits per heavy atom. The van der Waals surface area contributed by atoms with Crippen molar-refractivity contribution < 1.29 is 17.9 Å². The molecule has 1 aliphatic carbocycles. The Balaban J connectivity index is 2.43. The number of benzene rings is 1. The zero-order chi connectivity index (χ0) is 15.7. The predicted octanol–water partition coefficient (Wildman–Crippen LogP) is 1.67. The van der Waals surface area contributed by atoms with E-state index in [-0.39, 0.29) is 16.1 Å². The lowest BCUT2D eigenvalue weighted by molar-refractivity contribution is 0.0596. The number of methoxy groups -OCH3 is 1. The third kappa shape index (κ3) is 3.36. The molecule has 1 aromatic rings. The van der Waals surface area contributed by atoms with E-state index in [0.717, 1.165) is 25.7 Å². The summed E-state index contributed by atoms with van der Waals surface area (Å²) in [6.45, 7) is 1.88. The maximum Gasteiger partial charge on any atom is 0.339 e. The molecule has 0 aliphatic heterocycles. The number of anilines is 1. The summed E-state index contributed by atoms with van der Waals surface area (Å²) in [4.78, 5) is 11.6. The summed E-state index contributed by atoms with van der Waals surface area (Å²) in [5, 5.41) is 0. The second-order valence-corrected chi connectivity index (χ2v) is 7.27. The highest BCUT2D eigenvalue weighted by Gasteiger charge is 2.35. The van der Waals surface area contributed by atoms with Gasteiger partial charge < -0.3 is 10.5 Å². The van der Waals surface area contributed by atoms with Crippen LogP contribution >= 0.6 is 0 Å². The van der Waals surface area contributed by atoms with Gasteiger partial charge in [-0.25, -0.2) is 17.9 Å². The number of rotatable bonds is 4. The van der Waals surface area contributed by atoms with Crippen LogP contribution in [-0.2, 0) is 14.8 Å². The van der Waals surface area contributed by atoms with Crippen LogP contribution in [0, 0.1) is 0 Å². The number of hydrogen-bond donors (Lipinski definition) is 2. The van der Waals surface area contributed by atoms with Crippen molar-refractivity contribution in [3.05, 3.63) is 23.8 Å². The van der Waals surface area contributed by atoms with Gasteiger partial charge in [0.1, 0.15) is 0 Å². The van der Waals surface area contributed by atoms with Crippen LogP contribution in [0.15, 0.2) is 23.1 Å². The minimum Gasteiger partial charge on any atom is -0.465 e. The van der Waals surface area contributed by atoms with Crippen molar-refractivity contribution >= 4 is 21.7 Å². The van der Waals surface area contributed by atoms with Crippen LogP contribution < -0.4 is 10.5 Å². The van der Waals surface area contributed by atoms with Crippen LogP contribution in [0.4, 0.5) is 5.69 Å². The molecule has 0 spiro atoms. The second-order valence-electron chi connectivity index (χ2n) is 5.62. The Labute approximate surface area is 124 Å². The van der Waals surface area contributed by atoms with Gasteiger partial charge in [0.15, 0.2) is 0 Å². The summed E-state index contributed by atoms with van der Waals surface area (Å²) in [5.74, 6) is -0.702. The SMILES string of the molecule is COC(=O)c1ccc(N)cc1S(=O)(=O)NC1(C)CCCC1. The topological polar surface area (TPSA) is 98.5 Å². The molecule has 2 rings (SSSR count). The van der Waals surface area contributed by atoms with Crippen LogP contribution in [0.2, 0.25) is 0 Å². The quantitative estimate of drug-likeness (QED) is 0.651. The Bertz CT molecular complexity index is 649. The molecular formula is C14H20N2O4S. The highest BCUT2D eigenvalue weighted by molar-refractivity contribution is 7.89. The molecule has 0 aromatic heterocycles. The monoisotopic (exact) mass is 312 g/mol. The van der Waals surface area contributed by atoms with Crippen molar-refractivity contribution in [2.24, 2.45) is 0 Å². The van der Waals surface area contributed by atoms with Gasteiger partial charge in [-0.2, -0.15) is 0 Å². The summed E-state index contributed by atoms with van der Waals surface area (Å²) in [7, 11) is -2.63. The Kier molecular flexibility index (Phi) is 4.25. The van der Waals surface area contributed by atoms with E-state index in [1.54, 1.807) is 0 Å². The molecule has 1 saturated carbocycles. The zero-order valence-corrected chi connectivity index (χ0v) is 13.0. The van der Waals surface area contributed by atoms with Gasteiger partial charge in [0.05, 0.1) is 17.6 Å². The number of ether oxygens (including phenoxy) is 1. The summed E-state index contributed by atoms with van der Waals surface area (Å²) in [6.07, 6.45) is 3.53. The van der Waals surface area contributed by atoms with E-state index in [1.807, 2.05) is 6.92 Å². The molecule has 1 fully saturated rings. The lowest BCUT2D eigenvalue weighted by Gasteiger charge is -2.25. The van der Waals surface area contributed by atoms with Crippen molar-refractivity contribution in [3.63, 3.8) is 0 Å². The van der Waals surface area contributed by atoms with Crippen LogP contribution in [0.5, 0.6) is 0 Å². The van der Waals surface area contributed by atoms with Crippen molar-refractivity contribution in [1.82, 2.24) is 4.72 Å². The summed E-state index contributed by atoms with van der Waals surface area (Å²) in [6, 6.07) is 4.13. The molecular weight excluding hydrogens is 292 g/mol. The Morgan fingerprint density at radius 1 is 1.33 bits per heavy atom. The molecule has 0 unspecified atom stereocenters. The van der Waals surface area contributed by atoms with Crippen molar-refractivity contribution in [2.45, 2.75) is 43.0 Å². The fraction of sp³-hybridized carbons (Fsp3) is 0.500. The van der Waals surface area contributed by atoms with Gasteiger partial charge in [-0.15, -0.1) is 0 Å². The molecule has 6 nitrogen and oxygen atoms in total. The van der Waals surface area contributed by atoms with Crippen LogP contribution in [-0.4, -0.2) is 27.0 Å². The fourth-order valence-electron chi connectivity index (χ4n) is 2.68. The van der Waals surface area contributed by atoms with Gasteiger partial charge in [-0.1, -0.05) is 12.8 Å². The second kappa shape index (κ2) is 5.65. The maximum absolute atomic E-state index is 12.6. The number of hydrogen-bond acceptors (Lipinski definition) is 5. The third-order valence-corrected chi connectivity index (χ3v) is 5.47. The van der Waals surface area contributed by atoms with E-state index < -0.39 is 21.5 Å². The van der Waals surface area contributed by atoms with Crippen molar-refractivity contribution in [1.29, 1.82) is 0 Å². The number of esters is 1. The molecule has 116 valence electrons. The van der Waals surface area contributed by atoms with Gasteiger partial charge in [0.25, 0.3) is 0 Å². The minimum atomic E-state index is -3.84. The van der Waals surface area contributed by atoms with Gasteiger partial charge in [0, 0.05) is 11.2 Å². The maximum atomic E-state index is 12.6. The molecule has 21 heavy (non-hydrogen) atoms. The first kappa shape index (κ1) is 15.8. The smallest absolute Gasteiger partial charge is 0.339 e.